The third-order valence-corrected chi connectivity index (χ3v) is 3.59. The van der Waals surface area contributed by atoms with Crippen molar-refractivity contribution < 1.29 is 0 Å². The molecule has 0 amide bonds. The van der Waals surface area contributed by atoms with Crippen molar-refractivity contribution in [2.45, 2.75) is 48.0 Å². The van der Waals surface area contributed by atoms with Crippen LogP contribution in [0.1, 0.15) is 48.0 Å². The second-order valence-electron chi connectivity index (χ2n) is 4.99. The van der Waals surface area contributed by atoms with Crippen LogP contribution in [0.25, 0.3) is 0 Å². The summed E-state index contributed by atoms with van der Waals surface area (Å²) in [6, 6.07) is 0. The zero-order chi connectivity index (χ0) is 12.1. The summed E-state index contributed by atoms with van der Waals surface area (Å²) in [4.78, 5) is 0. The number of rotatable bonds is 5. The molecule has 0 heterocycles. The molecule has 0 saturated carbocycles. The summed E-state index contributed by atoms with van der Waals surface area (Å²) in [5, 5.41) is 0. The molecule has 0 nitrogen and oxygen atoms in total. The van der Waals surface area contributed by atoms with Gasteiger partial charge in [0.05, 0.1) is 0 Å². The van der Waals surface area contributed by atoms with Gasteiger partial charge in [0.1, 0.15) is 0 Å². The van der Waals surface area contributed by atoms with E-state index >= 15 is 0 Å². The van der Waals surface area contributed by atoms with Gasteiger partial charge < -0.3 is 0 Å². The molecule has 15 heavy (non-hydrogen) atoms. The van der Waals surface area contributed by atoms with Gasteiger partial charge in [-0.05, 0) is 38.5 Å². The molecule has 1 unspecified atom stereocenters. The van der Waals surface area contributed by atoms with Crippen molar-refractivity contribution in [3.05, 3.63) is 36.0 Å². The van der Waals surface area contributed by atoms with Crippen molar-refractivity contribution >= 4 is 0 Å². The summed E-state index contributed by atoms with van der Waals surface area (Å²) in [5.41, 5.74) is 3.11. The predicted octanol–water partition coefficient (Wildman–Crippen LogP) is 5.14. The van der Waals surface area contributed by atoms with Crippen LogP contribution < -0.4 is 0 Å². The summed E-state index contributed by atoms with van der Waals surface area (Å²) in [7, 11) is 0. The minimum absolute atomic E-state index is 0.247. The van der Waals surface area contributed by atoms with Crippen LogP contribution in [0, 0.1) is 11.3 Å². The minimum Gasteiger partial charge on any atom is -0.103 e. The smallest absolute Gasteiger partial charge is 0.00874 e. The van der Waals surface area contributed by atoms with E-state index in [4.69, 9.17) is 0 Å². The average Bonchev–Trinajstić information content (AvgIpc) is 2.16. The normalized spacial score (nSPS) is 16.4. The first-order valence-corrected chi connectivity index (χ1v) is 5.77. The maximum atomic E-state index is 3.77. The molecule has 0 fully saturated rings. The van der Waals surface area contributed by atoms with Gasteiger partial charge in [0.25, 0.3) is 0 Å². The molecule has 0 bridgehead atoms. The lowest BCUT2D eigenvalue weighted by Gasteiger charge is -2.31. The van der Waals surface area contributed by atoms with Gasteiger partial charge in [0.15, 0.2) is 0 Å². The van der Waals surface area contributed by atoms with E-state index in [0.29, 0.717) is 5.92 Å². The third-order valence-electron chi connectivity index (χ3n) is 3.59. The summed E-state index contributed by atoms with van der Waals surface area (Å²) in [5.74, 6) is 0.564. The number of allylic oxidation sites excluding steroid dienone is 5. The molecule has 0 aliphatic carbocycles. The Hall–Kier alpha value is -0.780. The maximum Gasteiger partial charge on any atom is -0.00874 e. The zero-order valence-corrected chi connectivity index (χ0v) is 11.2. The van der Waals surface area contributed by atoms with Crippen molar-refractivity contribution in [3.63, 3.8) is 0 Å². The molecule has 0 aromatic rings. The van der Waals surface area contributed by atoms with E-state index in [2.05, 4.69) is 60.3 Å². The van der Waals surface area contributed by atoms with Crippen LogP contribution in [0.5, 0.6) is 0 Å². The van der Waals surface area contributed by atoms with Crippen molar-refractivity contribution in [3.8, 4) is 0 Å². The maximum absolute atomic E-state index is 3.77. The van der Waals surface area contributed by atoms with Gasteiger partial charge in [-0.3, -0.25) is 0 Å². The Balaban J connectivity index is 4.77. The van der Waals surface area contributed by atoms with Crippen molar-refractivity contribution in [2.75, 3.05) is 0 Å². The molecule has 86 valence electrons. The molecule has 0 saturated heterocycles. The lowest BCUT2D eigenvalue weighted by molar-refractivity contribution is 0.340. The summed E-state index contributed by atoms with van der Waals surface area (Å²) in [6.07, 6.45) is 7.55. The van der Waals surface area contributed by atoms with E-state index in [1.807, 2.05) is 6.08 Å². The van der Waals surface area contributed by atoms with Gasteiger partial charge in [-0.2, -0.15) is 0 Å². The van der Waals surface area contributed by atoms with E-state index in [0.717, 1.165) is 6.42 Å². The van der Waals surface area contributed by atoms with Gasteiger partial charge in [-0.1, -0.05) is 50.1 Å². The standard InChI is InChI=1S/C15H26/c1-8-10-12(3)11-14(5)15(6,7)13(4)9-2/h8-9,11,14H,1,10H2,2-7H3. The first-order valence-electron chi connectivity index (χ1n) is 5.77. The predicted molar refractivity (Wildman–Crippen MR) is 70.9 cm³/mol. The third kappa shape index (κ3) is 4.07. The van der Waals surface area contributed by atoms with E-state index in [1.165, 1.54) is 11.1 Å². The Kier molecular flexibility index (Phi) is 5.64. The van der Waals surface area contributed by atoms with Crippen LogP contribution >= 0.6 is 0 Å². The molecule has 0 spiro atoms. The molecule has 0 aliphatic heterocycles. The second-order valence-corrected chi connectivity index (χ2v) is 4.99. The molecule has 0 heteroatoms. The molecule has 0 radical (unpaired) electrons. The highest BCUT2D eigenvalue weighted by Gasteiger charge is 2.25. The highest BCUT2D eigenvalue weighted by molar-refractivity contribution is 5.15. The van der Waals surface area contributed by atoms with E-state index < -0.39 is 0 Å². The average molecular weight is 206 g/mol. The van der Waals surface area contributed by atoms with Gasteiger partial charge in [-0.15, -0.1) is 6.58 Å². The Bertz CT molecular complexity index is 264. The Morgan fingerprint density at radius 1 is 1.33 bits per heavy atom. The fraction of sp³-hybridized carbons (Fsp3) is 0.600. The van der Waals surface area contributed by atoms with Gasteiger partial charge in [-0.25, -0.2) is 0 Å². The van der Waals surface area contributed by atoms with Crippen LogP contribution in [0.3, 0.4) is 0 Å². The van der Waals surface area contributed by atoms with Crippen molar-refractivity contribution in [1.82, 2.24) is 0 Å². The van der Waals surface area contributed by atoms with Gasteiger partial charge in [0.2, 0.25) is 0 Å². The van der Waals surface area contributed by atoms with Crippen LogP contribution in [0.2, 0.25) is 0 Å². The Morgan fingerprint density at radius 2 is 1.87 bits per heavy atom. The Morgan fingerprint density at radius 3 is 2.27 bits per heavy atom. The molecular weight excluding hydrogens is 180 g/mol. The molecule has 0 aliphatic rings. The summed E-state index contributed by atoms with van der Waals surface area (Å²) in [6.45, 7) is 17.2. The summed E-state index contributed by atoms with van der Waals surface area (Å²) >= 11 is 0. The van der Waals surface area contributed by atoms with Crippen LogP contribution in [-0.4, -0.2) is 0 Å². The lowest BCUT2D eigenvalue weighted by atomic mass is 9.73. The van der Waals surface area contributed by atoms with Crippen molar-refractivity contribution in [2.24, 2.45) is 11.3 Å². The second kappa shape index (κ2) is 5.95. The highest BCUT2D eigenvalue weighted by Crippen LogP contribution is 2.36. The topological polar surface area (TPSA) is 0 Å². The fourth-order valence-electron chi connectivity index (χ4n) is 1.66. The monoisotopic (exact) mass is 206 g/mol. The largest absolute Gasteiger partial charge is 0.103 e. The van der Waals surface area contributed by atoms with Crippen LogP contribution in [-0.2, 0) is 0 Å². The molecule has 0 aromatic heterocycles. The molecular formula is C15H26. The molecule has 0 N–H and O–H groups in total. The van der Waals surface area contributed by atoms with E-state index in [9.17, 15) is 0 Å². The first-order chi connectivity index (χ1) is 6.86. The number of hydrogen-bond donors (Lipinski definition) is 0. The van der Waals surface area contributed by atoms with E-state index in [-0.39, 0.29) is 5.41 Å². The van der Waals surface area contributed by atoms with Crippen LogP contribution in [0.15, 0.2) is 36.0 Å². The zero-order valence-electron chi connectivity index (χ0n) is 11.2. The van der Waals surface area contributed by atoms with Crippen molar-refractivity contribution in [1.29, 1.82) is 0 Å². The Labute approximate surface area is 95.8 Å². The fourth-order valence-corrected chi connectivity index (χ4v) is 1.66. The minimum atomic E-state index is 0.247. The van der Waals surface area contributed by atoms with E-state index in [1.54, 1.807) is 0 Å². The SMILES string of the molecule is C=CCC(C)=CC(C)C(C)(C)C(C)=CC. The molecule has 1 atom stereocenters. The first kappa shape index (κ1) is 14.2. The summed E-state index contributed by atoms with van der Waals surface area (Å²) < 4.78 is 0. The quantitative estimate of drug-likeness (QED) is 0.546. The van der Waals surface area contributed by atoms with Gasteiger partial charge >= 0.3 is 0 Å². The number of hydrogen-bond acceptors (Lipinski definition) is 0. The molecule has 0 rings (SSSR count). The highest BCUT2D eigenvalue weighted by atomic mass is 14.3. The van der Waals surface area contributed by atoms with Gasteiger partial charge in [0, 0.05) is 0 Å². The van der Waals surface area contributed by atoms with Crippen LogP contribution in [0.4, 0.5) is 0 Å². The lowest BCUT2D eigenvalue weighted by Crippen LogP contribution is -2.21. The molecule has 0 aromatic carbocycles.